The number of nitrogens with zero attached hydrogens (tertiary/aromatic N) is 1. The van der Waals surface area contributed by atoms with Gasteiger partial charge in [-0.3, -0.25) is 4.99 Å². The van der Waals surface area contributed by atoms with Gasteiger partial charge in [0.1, 0.15) is 0 Å². The SMILES string of the molecule is CC1(c2ccccc2)CCSC(N)=N1. The average Bonchev–Trinajstić information content (AvgIpc) is 2.19. The Bertz CT molecular complexity index is 348. The zero-order chi connectivity index (χ0) is 10.0. The van der Waals surface area contributed by atoms with E-state index >= 15 is 0 Å². The number of hydrogen-bond donors (Lipinski definition) is 1. The molecule has 2 nitrogen and oxygen atoms in total. The number of rotatable bonds is 1. The van der Waals surface area contributed by atoms with Gasteiger partial charge in [0.05, 0.1) is 5.54 Å². The lowest BCUT2D eigenvalue weighted by Gasteiger charge is -2.29. The van der Waals surface area contributed by atoms with Crippen LogP contribution in [0.1, 0.15) is 18.9 Å². The molecule has 0 spiro atoms. The summed E-state index contributed by atoms with van der Waals surface area (Å²) < 4.78 is 0. The van der Waals surface area contributed by atoms with Crippen LogP contribution in [0.2, 0.25) is 0 Å². The number of nitrogens with two attached hydrogens (primary N) is 1. The second-order valence-corrected chi connectivity index (χ2v) is 4.80. The standard InChI is InChI=1S/C11H14N2S/c1-11(7-8-14-10(12)13-11)9-5-3-2-4-6-9/h2-6H,7-8H2,1H3,(H2,12,13). The molecule has 14 heavy (non-hydrogen) atoms. The van der Waals surface area contributed by atoms with Crippen LogP contribution < -0.4 is 5.73 Å². The Morgan fingerprint density at radius 2 is 2.07 bits per heavy atom. The second-order valence-electron chi connectivity index (χ2n) is 3.69. The van der Waals surface area contributed by atoms with Crippen molar-refractivity contribution in [3.63, 3.8) is 0 Å². The smallest absolute Gasteiger partial charge is 0.154 e. The molecule has 2 rings (SSSR count). The van der Waals surface area contributed by atoms with Crippen molar-refractivity contribution in [3.05, 3.63) is 35.9 Å². The lowest BCUT2D eigenvalue weighted by atomic mass is 9.90. The summed E-state index contributed by atoms with van der Waals surface area (Å²) in [5.74, 6) is 1.06. The van der Waals surface area contributed by atoms with Gasteiger partial charge in [-0.15, -0.1) is 0 Å². The molecule has 1 aromatic rings. The van der Waals surface area contributed by atoms with Crippen LogP contribution in [-0.2, 0) is 5.54 Å². The first kappa shape index (κ1) is 9.59. The van der Waals surface area contributed by atoms with E-state index in [0.29, 0.717) is 5.17 Å². The Morgan fingerprint density at radius 3 is 2.71 bits per heavy atom. The highest BCUT2D eigenvalue weighted by Crippen LogP contribution is 2.34. The average molecular weight is 206 g/mol. The van der Waals surface area contributed by atoms with E-state index in [9.17, 15) is 0 Å². The van der Waals surface area contributed by atoms with Gasteiger partial charge in [-0.2, -0.15) is 0 Å². The van der Waals surface area contributed by atoms with Crippen LogP contribution in [0.4, 0.5) is 0 Å². The zero-order valence-electron chi connectivity index (χ0n) is 8.23. The molecular formula is C11H14N2S. The first-order valence-electron chi connectivity index (χ1n) is 4.74. The van der Waals surface area contributed by atoms with Gasteiger partial charge in [0.2, 0.25) is 0 Å². The maximum absolute atomic E-state index is 5.76. The topological polar surface area (TPSA) is 38.4 Å². The van der Waals surface area contributed by atoms with Gasteiger partial charge in [-0.1, -0.05) is 42.1 Å². The summed E-state index contributed by atoms with van der Waals surface area (Å²) in [7, 11) is 0. The van der Waals surface area contributed by atoms with E-state index in [-0.39, 0.29) is 5.54 Å². The van der Waals surface area contributed by atoms with Crippen molar-refractivity contribution in [1.29, 1.82) is 0 Å². The third-order valence-electron chi connectivity index (χ3n) is 2.59. The van der Waals surface area contributed by atoms with Gasteiger partial charge in [0.25, 0.3) is 0 Å². The maximum Gasteiger partial charge on any atom is 0.154 e. The maximum atomic E-state index is 5.76. The van der Waals surface area contributed by atoms with Crippen LogP contribution in [0.5, 0.6) is 0 Å². The largest absolute Gasteiger partial charge is 0.379 e. The number of aliphatic imine (C=N–C) groups is 1. The Hall–Kier alpha value is -0.960. The molecule has 0 saturated carbocycles. The van der Waals surface area contributed by atoms with Crippen LogP contribution >= 0.6 is 11.8 Å². The summed E-state index contributed by atoms with van der Waals surface area (Å²) in [6.07, 6.45) is 1.06. The quantitative estimate of drug-likeness (QED) is 0.766. The van der Waals surface area contributed by atoms with Crippen molar-refractivity contribution in [2.24, 2.45) is 10.7 Å². The van der Waals surface area contributed by atoms with E-state index in [4.69, 9.17) is 5.73 Å². The Morgan fingerprint density at radius 1 is 1.36 bits per heavy atom. The van der Waals surface area contributed by atoms with Crippen molar-refractivity contribution in [3.8, 4) is 0 Å². The predicted molar refractivity (Wildman–Crippen MR) is 62.5 cm³/mol. The zero-order valence-corrected chi connectivity index (χ0v) is 9.05. The summed E-state index contributed by atoms with van der Waals surface area (Å²) in [6, 6.07) is 10.4. The molecule has 0 saturated heterocycles. The highest BCUT2D eigenvalue weighted by Gasteiger charge is 2.28. The molecule has 0 aromatic heterocycles. The Labute approximate surface area is 88.6 Å². The van der Waals surface area contributed by atoms with E-state index in [0.717, 1.165) is 12.2 Å². The molecular weight excluding hydrogens is 192 g/mol. The third-order valence-corrected chi connectivity index (χ3v) is 3.39. The van der Waals surface area contributed by atoms with Gasteiger partial charge >= 0.3 is 0 Å². The Balaban J connectivity index is 2.37. The molecule has 0 bridgehead atoms. The van der Waals surface area contributed by atoms with Crippen LogP contribution in [0, 0.1) is 0 Å². The summed E-state index contributed by atoms with van der Waals surface area (Å²) >= 11 is 1.64. The fraction of sp³-hybridized carbons (Fsp3) is 0.364. The predicted octanol–water partition coefficient (Wildman–Crippen LogP) is 2.35. The molecule has 74 valence electrons. The van der Waals surface area contributed by atoms with Crippen molar-refractivity contribution in [1.82, 2.24) is 0 Å². The van der Waals surface area contributed by atoms with E-state index in [1.165, 1.54) is 5.56 Å². The van der Waals surface area contributed by atoms with E-state index in [1.54, 1.807) is 11.8 Å². The number of benzene rings is 1. The molecule has 0 aliphatic carbocycles. The van der Waals surface area contributed by atoms with Gasteiger partial charge in [-0.05, 0) is 18.9 Å². The summed E-state index contributed by atoms with van der Waals surface area (Å²) in [4.78, 5) is 4.54. The number of amidine groups is 1. The van der Waals surface area contributed by atoms with Crippen LogP contribution in [0.3, 0.4) is 0 Å². The van der Waals surface area contributed by atoms with E-state index in [1.807, 2.05) is 18.2 Å². The monoisotopic (exact) mass is 206 g/mol. The molecule has 1 heterocycles. The Kier molecular flexibility index (Phi) is 2.50. The first-order chi connectivity index (χ1) is 6.71. The molecule has 1 aliphatic rings. The van der Waals surface area contributed by atoms with Crippen LogP contribution in [0.25, 0.3) is 0 Å². The fourth-order valence-corrected chi connectivity index (χ4v) is 2.67. The van der Waals surface area contributed by atoms with Crippen LogP contribution in [-0.4, -0.2) is 10.9 Å². The summed E-state index contributed by atoms with van der Waals surface area (Å²) in [5.41, 5.74) is 6.90. The normalized spacial score (nSPS) is 27.1. The highest BCUT2D eigenvalue weighted by molar-refractivity contribution is 8.13. The molecule has 1 atom stereocenters. The van der Waals surface area contributed by atoms with Crippen LogP contribution in [0.15, 0.2) is 35.3 Å². The second kappa shape index (κ2) is 3.65. The van der Waals surface area contributed by atoms with E-state index in [2.05, 4.69) is 24.0 Å². The molecule has 0 fully saturated rings. The molecule has 0 radical (unpaired) electrons. The molecule has 3 heteroatoms. The molecule has 2 N–H and O–H groups in total. The number of thioether (sulfide) groups is 1. The number of hydrogen-bond acceptors (Lipinski definition) is 3. The minimum atomic E-state index is -0.114. The first-order valence-corrected chi connectivity index (χ1v) is 5.73. The molecule has 1 aromatic carbocycles. The summed E-state index contributed by atoms with van der Waals surface area (Å²) in [5, 5.41) is 0.711. The van der Waals surface area contributed by atoms with Gasteiger partial charge in [0.15, 0.2) is 5.17 Å². The third kappa shape index (κ3) is 1.77. The minimum Gasteiger partial charge on any atom is -0.379 e. The molecule has 0 amide bonds. The van der Waals surface area contributed by atoms with Crippen molar-refractivity contribution in [2.75, 3.05) is 5.75 Å². The fourth-order valence-electron chi connectivity index (χ4n) is 1.69. The van der Waals surface area contributed by atoms with E-state index < -0.39 is 0 Å². The highest BCUT2D eigenvalue weighted by atomic mass is 32.2. The lowest BCUT2D eigenvalue weighted by Crippen LogP contribution is -2.28. The van der Waals surface area contributed by atoms with Gasteiger partial charge in [0, 0.05) is 5.75 Å². The van der Waals surface area contributed by atoms with Gasteiger partial charge < -0.3 is 5.73 Å². The van der Waals surface area contributed by atoms with Crippen molar-refractivity contribution < 1.29 is 0 Å². The minimum absolute atomic E-state index is 0.114. The van der Waals surface area contributed by atoms with Crippen molar-refractivity contribution >= 4 is 16.9 Å². The lowest BCUT2D eigenvalue weighted by molar-refractivity contribution is 0.482. The summed E-state index contributed by atoms with van der Waals surface area (Å²) in [6.45, 7) is 2.15. The van der Waals surface area contributed by atoms with Crippen molar-refractivity contribution in [2.45, 2.75) is 18.9 Å². The van der Waals surface area contributed by atoms with Gasteiger partial charge in [-0.25, -0.2) is 0 Å². The molecule has 1 aliphatic heterocycles. The molecule has 1 unspecified atom stereocenters.